The van der Waals surface area contributed by atoms with Crippen molar-refractivity contribution in [3.63, 3.8) is 0 Å². The summed E-state index contributed by atoms with van der Waals surface area (Å²) in [5.74, 6) is 0.653. The number of hydrogen-bond acceptors (Lipinski definition) is 5. The zero-order valence-corrected chi connectivity index (χ0v) is 14.3. The van der Waals surface area contributed by atoms with Crippen molar-refractivity contribution < 1.29 is 4.79 Å². The highest BCUT2D eigenvalue weighted by Gasteiger charge is 2.33. The number of hydrogen-bond donors (Lipinski definition) is 1. The number of fused-ring (bicyclic) bond motifs is 1. The lowest BCUT2D eigenvalue weighted by Crippen LogP contribution is -2.31. The van der Waals surface area contributed by atoms with Crippen molar-refractivity contribution in [2.24, 2.45) is 0 Å². The minimum atomic E-state index is -0.0557. The number of pyridine rings is 1. The van der Waals surface area contributed by atoms with Crippen molar-refractivity contribution in [3.05, 3.63) is 53.9 Å². The van der Waals surface area contributed by atoms with Gasteiger partial charge in [0.1, 0.15) is 17.2 Å². The van der Waals surface area contributed by atoms with E-state index in [2.05, 4.69) is 20.3 Å². The number of rotatable bonds is 3. The normalized spacial score (nSPS) is 17.2. The standard InChI is InChI=1S/C18H20N6O/c1-12-5-6-17-22-14(11-23(17)10-12)18(25)24-7-3-4-15(24)13-8-20-9-16(19-2)21-13/h5-6,8-11,15H,3-4,7H2,1-2H3,(H,19,21)/t15-/m1/s1. The molecule has 0 aromatic carbocycles. The molecule has 1 amide bonds. The van der Waals surface area contributed by atoms with Crippen LogP contribution in [0.1, 0.15) is 40.6 Å². The summed E-state index contributed by atoms with van der Waals surface area (Å²) in [5, 5.41) is 3.00. The molecule has 3 aromatic heterocycles. The van der Waals surface area contributed by atoms with Gasteiger partial charge in [0.05, 0.1) is 24.1 Å². The first kappa shape index (κ1) is 15.6. The van der Waals surface area contributed by atoms with Gasteiger partial charge in [0, 0.05) is 26.0 Å². The van der Waals surface area contributed by atoms with Crippen LogP contribution in [-0.4, -0.2) is 43.8 Å². The first-order valence-electron chi connectivity index (χ1n) is 8.42. The van der Waals surface area contributed by atoms with E-state index in [9.17, 15) is 4.79 Å². The van der Waals surface area contributed by atoms with Crippen LogP contribution >= 0.6 is 0 Å². The Kier molecular flexibility index (Phi) is 3.83. The molecule has 0 spiro atoms. The van der Waals surface area contributed by atoms with Gasteiger partial charge in [0.15, 0.2) is 0 Å². The Morgan fingerprint density at radius 2 is 2.12 bits per heavy atom. The number of likely N-dealkylation sites (tertiary alicyclic amines) is 1. The fourth-order valence-electron chi connectivity index (χ4n) is 3.33. The van der Waals surface area contributed by atoms with E-state index in [0.717, 1.165) is 29.7 Å². The number of nitrogens with one attached hydrogen (secondary N) is 1. The second-order valence-electron chi connectivity index (χ2n) is 6.33. The molecule has 25 heavy (non-hydrogen) atoms. The third-order valence-corrected chi connectivity index (χ3v) is 4.58. The van der Waals surface area contributed by atoms with Gasteiger partial charge in [-0.1, -0.05) is 6.07 Å². The number of aryl methyl sites for hydroxylation is 1. The second-order valence-corrected chi connectivity index (χ2v) is 6.33. The third kappa shape index (κ3) is 2.82. The quantitative estimate of drug-likeness (QED) is 0.795. The van der Waals surface area contributed by atoms with Crippen molar-refractivity contribution in [1.82, 2.24) is 24.3 Å². The van der Waals surface area contributed by atoms with Gasteiger partial charge in [-0.2, -0.15) is 0 Å². The average Bonchev–Trinajstić information content (AvgIpc) is 3.27. The number of nitrogens with zero attached hydrogens (tertiary/aromatic N) is 5. The zero-order valence-electron chi connectivity index (χ0n) is 14.3. The Labute approximate surface area is 145 Å². The molecule has 0 bridgehead atoms. The SMILES string of the molecule is CNc1cncc([C@H]2CCCN2C(=O)c2cn3cc(C)ccc3n2)n1. The first-order valence-corrected chi connectivity index (χ1v) is 8.42. The number of anilines is 1. The van der Waals surface area contributed by atoms with E-state index in [1.807, 2.05) is 41.6 Å². The van der Waals surface area contributed by atoms with Gasteiger partial charge < -0.3 is 14.6 Å². The van der Waals surface area contributed by atoms with Crippen LogP contribution in [0.2, 0.25) is 0 Å². The summed E-state index contributed by atoms with van der Waals surface area (Å²) >= 11 is 0. The summed E-state index contributed by atoms with van der Waals surface area (Å²) in [6.07, 6.45) is 9.03. The van der Waals surface area contributed by atoms with E-state index >= 15 is 0 Å². The van der Waals surface area contributed by atoms with Gasteiger partial charge in [0.2, 0.25) is 0 Å². The van der Waals surface area contributed by atoms with E-state index in [1.54, 1.807) is 18.6 Å². The van der Waals surface area contributed by atoms with Crippen LogP contribution < -0.4 is 5.32 Å². The minimum Gasteiger partial charge on any atom is -0.372 e. The highest BCUT2D eigenvalue weighted by Crippen LogP contribution is 2.32. The number of carbonyl (C=O) groups excluding carboxylic acids is 1. The Bertz CT molecular complexity index is 934. The van der Waals surface area contributed by atoms with Crippen LogP contribution in [0, 0.1) is 6.92 Å². The molecule has 0 saturated carbocycles. The molecule has 1 aliphatic rings. The summed E-state index contributed by atoms with van der Waals surface area (Å²) in [6.45, 7) is 2.73. The molecule has 1 atom stereocenters. The predicted octanol–water partition coefficient (Wildman–Crippen LogP) is 2.45. The molecule has 0 radical (unpaired) electrons. The molecular formula is C18H20N6O. The predicted molar refractivity (Wildman–Crippen MR) is 94.5 cm³/mol. The Morgan fingerprint density at radius 3 is 2.96 bits per heavy atom. The lowest BCUT2D eigenvalue weighted by molar-refractivity contribution is 0.0727. The maximum atomic E-state index is 13.0. The van der Waals surface area contributed by atoms with Gasteiger partial charge in [0.25, 0.3) is 5.91 Å². The molecule has 128 valence electrons. The summed E-state index contributed by atoms with van der Waals surface area (Å²) in [5.41, 5.74) is 3.19. The number of aromatic nitrogens is 4. The minimum absolute atomic E-state index is 0.0551. The molecule has 0 unspecified atom stereocenters. The smallest absolute Gasteiger partial charge is 0.274 e. The van der Waals surface area contributed by atoms with Gasteiger partial charge >= 0.3 is 0 Å². The van der Waals surface area contributed by atoms with Crippen molar-refractivity contribution in [2.75, 3.05) is 18.9 Å². The highest BCUT2D eigenvalue weighted by molar-refractivity contribution is 5.93. The van der Waals surface area contributed by atoms with Crippen LogP contribution in [0.3, 0.4) is 0 Å². The van der Waals surface area contributed by atoms with Gasteiger partial charge in [-0.15, -0.1) is 0 Å². The van der Waals surface area contributed by atoms with Crippen LogP contribution in [0.4, 0.5) is 5.82 Å². The average molecular weight is 336 g/mol. The maximum Gasteiger partial charge on any atom is 0.274 e. The van der Waals surface area contributed by atoms with Gasteiger partial charge in [-0.3, -0.25) is 9.78 Å². The van der Waals surface area contributed by atoms with Crippen LogP contribution in [-0.2, 0) is 0 Å². The topological polar surface area (TPSA) is 75.4 Å². The van der Waals surface area contributed by atoms with Gasteiger partial charge in [-0.25, -0.2) is 9.97 Å². The summed E-state index contributed by atoms with van der Waals surface area (Å²) < 4.78 is 1.90. The van der Waals surface area contributed by atoms with Crippen LogP contribution in [0.25, 0.3) is 5.65 Å². The summed E-state index contributed by atoms with van der Waals surface area (Å²) in [7, 11) is 1.81. The van der Waals surface area contributed by atoms with E-state index in [1.165, 1.54) is 0 Å². The van der Waals surface area contributed by atoms with Crippen molar-refractivity contribution in [1.29, 1.82) is 0 Å². The maximum absolute atomic E-state index is 13.0. The lowest BCUT2D eigenvalue weighted by atomic mass is 10.1. The zero-order chi connectivity index (χ0) is 17.4. The molecule has 1 fully saturated rings. The Morgan fingerprint density at radius 1 is 1.24 bits per heavy atom. The summed E-state index contributed by atoms with van der Waals surface area (Å²) in [4.78, 5) is 28.2. The highest BCUT2D eigenvalue weighted by atomic mass is 16.2. The molecule has 1 N–H and O–H groups in total. The van der Waals surface area contributed by atoms with Crippen molar-refractivity contribution >= 4 is 17.4 Å². The third-order valence-electron chi connectivity index (χ3n) is 4.58. The second kappa shape index (κ2) is 6.16. The molecule has 1 saturated heterocycles. The molecule has 1 aliphatic heterocycles. The van der Waals surface area contributed by atoms with E-state index in [4.69, 9.17) is 0 Å². The van der Waals surface area contributed by atoms with E-state index < -0.39 is 0 Å². The monoisotopic (exact) mass is 336 g/mol. The molecular weight excluding hydrogens is 316 g/mol. The summed E-state index contributed by atoms with van der Waals surface area (Å²) in [6, 6.07) is 3.86. The number of imidazole rings is 1. The lowest BCUT2D eigenvalue weighted by Gasteiger charge is -2.23. The fraction of sp³-hybridized carbons (Fsp3) is 0.333. The number of carbonyl (C=O) groups is 1. The molecule has 7 heteroatoms. The van der Waals surface area contributed by atoms with Crippen molar-refractivity contribution in [2.45, 2.75) is 25.8 Å². The molecule has 4 rings (SSSR count). The van der Waals surface area contributed by atoms with E-state index in [0.29, 0.717) is 18.1 Å². The van der Waals surface area contributed by atoms with Crippen LogP contribution in [0.15, 0.2) is 36.9 Å². The molecule has 7 nitrogen and oxygen atoms in total. The van der Waals surface area contributed by atoms with E-state index in [-0.39, 0.29) is 11.9 Å². The molecule has 3 aromatic rings. The van der Waals surface area contributed by atoms with Crippen molar-refractivity contribution in [3.8, 4) is 0 Å². The number of amides is 1. The van der Waals surface area contributed by atoms with Crippen LogP contribution in [0.5, 0.6) is 0 Å². The molecule has 4 heterocycles. The molecule has 0 aliphatic carbocycles. The largest absolute Gasteiger partial charge is 0.372 e. The Hall–Kier alpha value is -2.96. The van der Waals surface area contributed by atoms with Gasteiger partial charge in [-0.05, 0) is 31.4 Å². The fourth-order valence-corrected chi connectivity index (χ4v) is 3.33. The Balaban J connectivity index is 1.65. The first-order chi connectivity index (χ1) is 12.2.